The third kappa shape index (κ3) is 5.04. The van der Waals surface area contributed by atoms with Crippen LogP contribution >= 0.6 is 11.6 Å². The molecule has 2 aromatic rings. The molecule has 3 heterocycles. The molecule has 2 aliphatic heterocycles. The molecule has 31 heavy (non-hydrogen) atoms. The highest BCUT2D eigenvalue weighted by molar-refractivity contribution is 6.30. The van der Waals surface area contributed by atoms with Crippen LogP contribution in [0.4, 0.5) is 10.3 Å². The van der Waals surface area contributed by atoms with Crippen molar-refractivity contribution in [3.05, 3.63) is 70.9 Å². The van der Waals surface area contributed by atoms with Crippen molar-refractivity contribution in [3.8, 4) is 0 Å². The zero-order valence-electron chi connectivity index (χ0n) is 16.8. The SMILES string of the molecule is OC[C@@H](c1ccc(Cl)c(F)c1)N1C=CC(c2ccnc(NC3CCOCC3)n2)=CC1O. The molecule has 9 heteroatoms. The van der Waals surface area contributed by atoms with E-state index in [1.54, 1.807) is 41.6 Å². The van der Waals surface area contributed by atoms with E-state index < -0.39 is 18.1 Å². The summed E-state index contributed by atoms with van der Waals surface area (Å²) >= 11 is 5.76. The van der Waals surface area contributed by atoms with Crippen molar-refractivity contribution in [2.75, 3.05) is 25.1 Å². The Hall–Kier alpha value is -2.52. The number of halogens is 2. The van der Waals surface area contributed by atoms with Crippen molar-refractivity contribution in [2.45, 2.75) is 31.2 Å². The van der Waals surface area contributed by atoms with Gasteiger partial charge in [-0.05, 0) is 48.8 Å². The van der Waals surface area contributed by atoms with Crippen LogP contribution in [-0.2, 0) is 4.74 Å². The Morgan fingerprint density at radius 2 is 2.10 bits per heavy atom. The fraction of sp³-hybridized carbons (Fsp3) is 0.364. The minimum Gasteiger partial charge on any atom is -0.394 e. The van der Waals surface area contributed by atoms with E-state index in [2.05, 4.69) is 15.3 Å². The number of aromatic nitrogens is 2. The molecule has 1 aromatic heterocycles. The number of anilines is 1. The third-order valence-corrected chi connectivity index (χ3v) is 5.73. The van der Waals surface area contributed by atoms with Gasteiger partial charge in [-0.1, -0.05) is 17.7 Å². The fourth-order valence-electron chi connectivity index (χ4n) is 3.72. The van der Waals surface area contributed by atoms with Crippen molar-refractivity contribution in [3.63, 3.8) is 0 Å². The molecule has 1 aromatic carbocycles. The molecule has 0 bridgehead atoms. The third-order valence-electron chi connectivity index (χ3n) is 5.43. The maximum absolute atomic E-state index is 13.9. The topological polar surface area (TPSA) is 90.7 Å². The van der Waals surface area contributed by atoms with Crippen LogP contribution in [0.25, 0.3) is 5.57 Å². The van der Waals surface area contributed by atoms with Crippen LogP contribution in [0, 0.1) is 5.82 Å². The van der Waals surface area contributed by atoms with Crippen LogP contribution in [0.15, 0.2) is 48.8 Å². The van der Waals surface area contributed by atoms with Gasteiger partial charge in [0, 0.05) is 37.2 Å². The summed E-state index contributed by atoms with van der Waals surface area (Å²) in [5, 5.41) is 23.9. The summed E-state index contributed by atoms with van der Waals surface area (Å²) in [5.41, 5.74) is 1.90. The molecule has 3 N–H and O–H groups in total. The number of hydrogen-bond acceptors (Lipinski definition) is 7. The summed E-state index contributed by atoms with van der Waals surface area (Å²) in [5.74, 6) is -0.0460. The summed E-state index contributed by atoms with van der Waals surface area (Å²) in [6.07, 6.45) is 7.54. The largest absolute Gasteiger partial charge is 0.394 e. The van der Waals surface area contributed by atoms with Gasteiger partial charge in [0.2, 0.25) is 5.95 Å². The maximum atomic E-state index is 13.9. The van der Waals surface area contributed by atoms with Gasteiger partial charge < -0.3 is 25.2 Å². The lowest BCUT2D eigenvalue weighted by atomic mass is 10.0. The Labute approximate surface area is 184 Å². The summed E-state index contributed by atoms with van der Waals surface area (Å²) in [4.78, 5) is 10.4. The first kappa shape index (κ1) is 21.7. The summed E-state index contributed by atoms with van der Waals surface area (Å²) in [6.45, 7) is 1.13. The van der Waals surface area contributed by atoms with E-state index >= 15 is 0 Å². The molecule has 1 unspecified atom stereocenters. The number of hydrogen-bond donors (Lipinski definition) is 3. The molecule has 4 rings (SSSR count). The van der Waals surface area contributed by atoms with Crippen LogP contribution < -0.4 is 5.32 Å². The average molecular weight is 447 g/mol. The van der Waals surface area contributed by atoms with Crippen molar-refractivity contribution in [1.29, 1.82) is 0 Å². The molecule has 2 aliphatic rings. The van der Waals surface area contributed by atoms with Gasteiger partial charge in [0.15, 0.2) is 0 Å². The van der Waals surface area contributed by atoms with Gasteiger partial charge in [-0.3, -0.25) is 0 Å². The predicted molar refractivity (Wildman–Crippen MR) is 116 cm³/mol. The van der Waals surface area contributed by atoms with Gasteiger partial charge in [0.25, 0.3) is 0 Å². The lowest BCUT2D eigenvalue weighted by Gasteiger charge is -2.35. The first-order chi connectivity index (χ1) is 15.0. The van der Waals surface area contributed by atoms with Crippen LogP contribution in [0.5, 0.6) is 0 Å². The second kappa shape index (κ2) is 9.74. The van der Waals surface area contributed by atoms with E-state index in [1.165, 1.54) is 12.1 Å². The Morgan fingerprint density at radius 3 is 2.81 bits per heavy atom. The summed E-state index contributed by atoms with van der Waals surface area (Å²) in [6, 6.07) is 5.74. The van der Waals surface area contributed by atoms with E-state index in [4.69, 9.17) is 16.3 Å². The van der Waals surface area contributed by atoms with Crippen molar-refractivity contribution < 1.29 is 19.3 Å². The van der Waals surface area contributed by atoms with E-state index in [9.17, 15) is 14.6 Å². The minimum absolute atomic E-state index is 0.00582. The standard InChI is InChI=1S/C22H24ClFN4O3/c23-17-2-1-15(11-18(17)24)20(13-29)28-8-4-14(12-21(28)30)19-3-7-25-22(27-19)26-16-5-9-31-10-6-16/h1-4,7-8,11-12,16,20-21,29-30H,5-6,9-10,13H2,(H,25,26,27)/t20-,21?/m0/s1. The molecule has 164 valence electrons. The second-order valence-corrected chi connectivity index (χ2v) is 7.87. The molecule has 0 saturated carbocycles. The number of aliphatic hydroxyl groups is 2. The Kier molecular flexibility index (Phi) is 6.82. The minimum atomic E-state index is -1.03. The lowest BCUT2D eigenvalue weighted by molar-refractivity contribution is 0.0254. The molecule has 0 spiro atoms. The molecule has 1 fully saturated rings. The lowest BCUT2D eigenvalue weighted by Crippen LogP contribution is -2.36. The number of allylic oxidation sites excluding steroid dienone is 2. The van der Waals surface area contributed by atoms with Crippen LogP contribution in [-0.4, -0.2) is 57.2 Å². The van der Waals surface area contributed by atoms with Gasteiger partial charge in [0.1, 0.15) is 12.0 Å². The average Bonchev–Trinajstić information content (AvgIpc) is 2.78. The first-order valence-electron chi connectivity index (χ1n) is 10.1. The molecule has 1 saturated heterocycles. The molecule has 0 amide bonds. The smallest absolute Gasteiger partial charge is 0.223 e. The number of ether oxygens (including phenoxy) is 1. The van der Waals surface area contributed by atoms with E-state index in [0.29, 0.717) is 17.2 Å². The van der Waals surface area contributed by atoms with E-state index in [1.807, 2.05) is 0 Å². The second-order valence-electron chi connectivity index (χ2n) is 7.47. The zero-order valence-corrected chi connectivity index (χ0v) is 17.5. The highest BCUT2D eigenvalue weighted by atomic mass is 35.5. The number of nitrogens with zero attached hydrogens (tertiary/aromatic N) is 3. The Bertz CT molecular complexity index is 981. The van der Waals surface area contributed by atoms with Crippen molar-refractivity contribution >= 4 is 23.1 Å². The first-order valence-corrected chi connectivity index (χ1v) is 10.5. The molecule has 0 radical (unpaired) electrons. The number of nitrogens with one attached hydrogen (secondary N) is 1. The number of rotatable bonds is 6. The molecule has 7 nitrogen and oxygen atoms in total. The zero-order chi connectivity index (χ0) is 21.8. The van der Waals surface area contributed by atoms with Crippen LogP contribution in [0.2, 0.25) is 5.02 Å². The molecule has 0 aliphatic carbocycles. The predicted octanol–water partition coefficient (Wildman–Crippen LogP) is 3.12. The quantitative estimate of drug-likeness (QED) is 0.628. The van der Waals surface area contributed by atoms with Crippen molar-refractivity contribution in [2.24, 2.45) is 0 Å². The van der Waals surface area contributed by atoms with Gasteiger partial charge in [-0.15, -0.1) is 0 Å². The van der Waals surface area contributed by atoms with Gasteiger partial charge >= 0.3 is 0 Å². The van der Waals surface area contributed by atoms with E-state index in [0.717, 1.165) is 31.6 Å². The van der Waals surface area contributed by atoms with Crippen LogP contribution in [0.1, 0.15) is 30.1 Å². The summed E-state index contributed by atoms with van der Waals surface area (Å²) in [7, 11) is 0. The number of benzene rings is 1. The Balaban J connectivity index is 1.50. The molecule has 2 atom stereocenters. The van der Waals surface area contributed by atoms with Gasteiger partial charge in [-0.25, -0.2) is 14.4 Å². The summed E-state index contributed by atoms with van der Waals surface area (Å²) < 4.78 is 19.3. The van der Waals surface area contributed by atoms with Crippen LogP contribution in [0.3, 0.4) is 0 Å². The molecular weight excluding hydrogens is 423 g/mol. The van der Waals surface area contributed by atoms with E-state index in [-0.39, 0.29) is 17.7 Å². The maximum Gasteiger partial charge on any atom is 0.223 e. The monoisotopic (exact) mass is 446 g/mol. The highest BCUT2D eigenvalue weighted by Gasteiger charge is 2.26. The molecular formula is C22H24ClFN4O3. The fourth-order valence-corrected chi connectivity index (χ4v) is 3.84. The Morgan fingerprint density at radius 1 is 1.29 bits per heavy atom. The number of aliphatic hydroxyl groups excluding tert-OH is 2. The normalized spacial score (nSPS) is 20.5. The highest BCUT2D eigenvalue weighted by Crippen LogP contribution is 2.30. The van der Waals surface area contributed by atoms with Crippen molar-refractivity contribution in [1.82, 2.24) is 14.9 Å². The van der Waals surface area contributed by atoms with Gasteiger partial charge in [-0.2, -0.15) is 0 Å². The van der Waals surface area contributed by atoms with Gasteiger partial charge in [0.05, 0.1) is 23.4 Å².